The molecule has 0 aliphatic carbocycles. The maximum Gasteiger partial charge on any atom is 0.317 e. The molecule has 5 rings (SSSR count). The number of anilines is 2. The second kappa shape index (κ2) is 9.96. The van der Waals surface area contributed by atoms with Crippen LogP contribution >= 0.6 is 11.3 Å². The Balaban J connectivity index is 1.17. The first-order chi connectivity index (χ1) is 16.7. The van der Waals surface area contributed by atoms with Gasteiger partial charge in [-0.25, -0.2) is 14.8 Å². The molecule has 2 amide bonds. The third-order valence-corrected chi connectivity index (χ3v) is 6.49. The summed E-state index contributed by atoms with van der Waals surface area (Å²) in [6.07, 6.45) is 2.49. The van der Waals surface area contributed by atoms with Gasteiger partial charge in [-0.15, -0.1) is 11.3 Å². The van der Waals surface area contributed by atoms with Crippen molar-refractivity contribution in [3.63, 3.8) is 0 Å². The number of carbonyl (C=O) groups is 1. The van der Waals surface area contributed by atoms with Crippen LogP contribution in [0.25, 0.3) is 10.2 Å². The van der Waals surface area contributed by atoms with E-state index in [4.69, 9.17) is 9.47 Å². The number of thiophene rings is 1. The first kappa shape index (κ1) is 22.0. The van der Waals surface area contributed by atoms with Gasteiger partial charge in [-0.3, -0.25) is 0 Å². The van der Waals surface area contributed by atoms with Gasteiger partial charge in [-0.2, -0.15) is 0 Å². The van der Waals surface area contributed by atoms with Crippen molar-refractivity contribution >= 4 is 39.2 Å². The molecule has 0 radical (unpaired) electrons. The third-order valence-electron chi connectivity index (χ3n) is 5.67. The van der Waals surface area contributed by atoms with Crippen molar-refractivity contribution < 1.29 is 14.3 Å². The van der Waals surface area contributed by atoms with Crippen LogP contribution in [0.5, 0.6) is 11.5 Å². The standard InChI is InChI=1S/C25H25N5O3S/c1-32-19-8-6-17(7-9-19)14-27-25(31)30-12-10-20(16-30)33-22-5-3-2-4-21(22)28-24-26-15-18-11-13-34-23(18)29-24/h2-9,11,13,15,20H,10,12,14,16H2,1H3,(H,27,31)(H,26,28,29). The van der Waals surface area contributed by atoms with E-state index in [9.17, 15) is 4.79 Å². The average Bonchev–Trinajstić information content (AvgIpc) is 3.53. The Labute approximate surface area is 201 Å². The Bertz CT molecular complexity index is 1280. The summed E-state index contributed by atoms with van der Waals surface area (Å²) in [6.45, 7) is 1.64. The lowest BCUT2D eigenvalue weighted by Crippen LogP contribution is -2.39. The number of amides is 2. The maximum atomic E-state index is 12.6. The highest BCUT2D eigenvalue weighted by Gasteiger charge is 2.28. The number of para-hydroxylation sites is 2. The third kappa shape index (κ3) is 5.04. The molecule has 1 aliphatic heterocycles. The Kier molecular flexibility index (Phi) is 6.44. The van der Waals surface area contributed by atoms with E-state index in [0.29, 0.717) is 31.3 Å². The summed E-state index contributed by atoms with van der Waals surface area (Å²) in [5.41, 5.74) is 1.81. The van der Waals surface area contributed by atoms with Crippen LogP contribution in [0.15, 0.2) is 66.2 Å². The largest absolute Gasteiger partial charge is 0.497 e. The average molecular weight is 476 g/mol. The fourth-order valence-electron chi connectivity index (χ4n) is 3.83. The predicted molar refractivity (Wildman–Crippen MR) is 133 cm³/mol. The molecule has 1 aliphatic rings. The normalized spacial score (nSPS) is 15.3. The van der Waals surface area contributed by atoms with Gasteiger partial charge in [0.1, 0.15) is 22.4 Å². The van der Waals surface area contributed by atoms with Gasteiger partial charge in [-0.1, -0.05) is 24.3 Å². The van der Waals surface area contributed by atoms with E-state index in [1.54, 1.807) is 23.3 Å². The van der Waals surface area contributed by atoms with Crippen LogP contribution in [0.3, 0.4) is 0 Å². The number of hydrogen-bond donors (Lipinski definition) is 2. The molecule has 0 bridgehead atoms. The molecule has 174 valence electrons. The van der Waals surface area contributed by atoms with Crippen molar-refractivity contribution in [1.82, 2.24) is 20.2 Å². The molecule has 1 atom stereocenters. The summed E-state index contributed by atoms with van der Waals surface area (Å²) < 4.78 is 11.4. The highest BCUT2D eigenvalue weighted by molar-refractivity contribution is 7.16. The van der Waals surface area contributed by atoms with Gasteiger partial charge in [0.25, 0.3) is 0 Å². The van der Waals surface area contributed by atoms with Crippen LogP contribution in [0.4, 0.5) is 16.4 Å². The number of likely N-dealkylation sites (tertiary alicyclic amines) is 1. The van der Waals surface area contributed by atoms with E-state index in [1.165, 1.54) is 0 Å². The molecule has 1 saturated heterocycles. The number of aromatic nitrogens is 2. The minimum Gasteiger partial charge on any atom is -0.497 e. The Morgan fingerprint density at radius 3 is 2.88 bits per heavy atom. The topological polar surface area (TPSA) is 88.6 Å². The van der Waals surface area contributed by atoms with E-state index in [-0.39, 0.29) is 12.1 Å². The number of nitrogens with zero attached hydrogens (tertiary/aromatic N) is 3. The van der Waals surface area contributed by atoms with E-state index in [1.807, 2.05) is 66.2 Å². The zero-order valence-electron chi connectivity index (χ0n) is 18.7. The number of ether oxygens (including phenoxy) is 2. The van der Waals surface area contributed by atoms with Gasteiger partial charge >= 0.3 is 6.03 Å². The summed E-state index contributed by atoms with van der Waals surface area (Å²) >= 11 is 1.58. The number of carbonyl (C=O) groups excluding carboxylic acids is 1. The van der Waals surface area contributed by atoms with Crippen LogP contribution in [-0.4, -0.2) is 47.2 Å². The molecule has 2 aromatic heterocycles. The number of methoxy groups -OCH3 is 1. The van der Waals surface area contributed by atoms with Crippen LogP contribution in [0, 0.1) is 0 Å². The molecule has 2 aromatic carbocycles. The summed E-state index contributed by atoms with van der Waals surface area (Å²) in [5, 5.41) is 9.27. The van der Waals surface area contributed by atoms with E-state index >= 15 is 0 Å². The maximum absolute atomic E-state index is 12.6. The monoisotopic (exact) mass is 475 g/mol. The number of fused-ring (bicyclic) bond motifs is 1. The second-order valence-corrected chi connectivity index (χ2v) is 8.87. The summed E-state index contributed by atoms with van der Waals surface area (Å²) in [5.74, 6) is 2.03. The van der Waals surface area contributed by atoms with Gasteiger partial charge < -0.3 is 25.0 Å². The Morgan fingerprint density at radius 2 is 2.03 bits per heavy atom. The SMILES string of the molecule is COc1ccc(CNC(=O)N2CCC(Oc3ccccc3Nc3ncc4ccsc4n3)C2)cc1. The van der Waals surface area contributed by atoms with Gasteiger partial charge in [0, 0.05) is 31.1 Å². The number of benzene rings is 2. The van der Waals surface area contributed by atoms with Crippen molar-refractivity contribution in [2.24, 2.45) is 0 Å². The van der Waals surface area contributed by atoms with Crippen molar-refractivity contribution in [3.8, 4) is 11.5 Å². The van der Waals surface area contributed by atoms with E-state index < -0.39 is 0 Å². The predicted octanol–water partition coefficient (Wildman–Crippen LogP) is 4.81. The molecular formula is C25H25N5O3S. The summed E-state index contributed by atoms with van der Waals surface area (Å²) in [4.78, 5) is 24.3. The first-order valence-corrected chi connectivity index (χ1v) is 11.9. The Morgan fingerprint density at radius 1 is 1.18 bits per heavy atom. The van der Waals surface area contributed by atoms with Gasteiger partial charge in [0.15, 0.2) is 0 Å². The van der Waals surface area contributed by atoms with E-state index in [2.05, 4.69) is 20.6 Å². The molecule has 0 saturated carbocycles. The molecule has 8 nitrogen and oxygen atoms in total. The van der Waals surface area contributed by atoms with Crippen molar-refractivity contribution in [2.75, 3.05) is 25.5 Å². The molecule has 9 heteroatoms. The fraction of sp³-hybridized carbons (Fsp3) is 0.240. The summed E-state index contributed by atoms with van der Waals surface area (Å²) in [6, 6.07) is 17.3. The molecule has 0 spiro atoms. The number of rotatable bonds is 7. The van der Waals surface area contributed by atoms with E-state index in [0.717, 1.165) is 33.6 Å². The fourth-order valence-corrected chi connectivity index (χ4v) is 4.57. The van der Waals surface area contributed by atoms with Crippen molar-refractivity contribution in [1.29, 1.82) is 0 Å². The molecule has 34 heavy (non-hydrogen) atoms. The minimum atomic E-state index is -0.0917. The van der Waals surface area contributed by atoms with Gasteiger partial charge in [0.05, 0.1) is 19.3 Å². The van der Waals surface area contributed by atoms with Crippen molar-refractivity contribution in [3.05, 3.63) is 71.7 Å². The zero-order chi connectivity index (χ0) is 23.3. The van der Waals surface area contributed by atoms with Crippen LogP contribution in [-0.2, 0) is 6.54 Å². The number of hydrogen-bond acceptors (Lipinski definition) is 7. The number of urea groups is 1. The molecule has 4 aromatic rings. The van der Waals surface area contributed by atoms with Crippen LogP contribution in [0.1, 0.15) is 12.0 Å². The second-order valence-electron chi connectivity index (χ2n) is 7.98. The molecule has 1 unspecified atom stereocenters. The lowest BCUT2D eigenvalue weighted by atomic mass is 10.2. The highest BCUT2D eigenvalue weighted by atomic mass is 32.1. The van der Waals surface area contributed by atoms with Gasteiger partial charge in [0.2, 0.25) is 5.95 Å². The molecule has 3 heterocycles. The molecule has 2 N–H and O–H groups in total. The minimum absolute atomic E-state index is 0.0876. The van der Waals surface area contributed by atoms with Crippen molar-refractivity contribution in [2.45, 2.75) is 19.1 Å². The lowest BCUT2D eigenvalue weighted by molar-refractivity contribution is 0.187. The summed E-state index contributed by atoms with van der Waals surface area (Å²) in [7, 11) is 1.63. The number of nitrogens with one attached hydrogen (secondary N) is 2. The highest BCUT2D eigenvalue weighted by Crippen LogP contribution is 2.29. The smallest absolute Gasteiger partial charge is 0.317 e. The lowest BCUT2D eigenvalue weighted by Gasteiger charge is -2.19. The van der Waals surface area contributed by atoms with Crippen LogP contribution in [0.2, 0.25) is 0 Å². The van der Waals surface area contributed by atoms with Gasteiger partial charge in [-0.05, 0) is 41.3 Å². The molecule has 1 fully saturated rings. The zero-order valence-corrected chi connectivity index (χ0v) is 19.5. The molecular weight excluding hydrogens is 450 g/mol. The Hall–Kier alpha value is -3.85. The first-order valence-electron chi connectivity index (χ1n) is 11.1. The van der Waals surface area contributed by atoms with Crippen LogP contribution < -0.4 is 20.1 Å². The quantitative estimate of drug-likeness (QED) is 0.399.